The number of hydrogen-bond acceptors (Lipinski definition) is 2. The lowest BCUT2D eigenvalue weighted by Gasteiger charge is -2.10. The Morgan fingerprint density at radius 1 is 1.00 bits per heavy atom. The van der Waals surface area contributed by atoms with Crippen molar-refractivity contribution in [1.29, 1.82) is 0 Å². The average molecular weight is 311 g/mol. The number of ether oxygens (including phenoxy) is 1. The third-order valence-corrected chi connectivity index (χ3v) is 3.79. The average Bonchev–Trinajstić information content (AvgIpc) is 2.54. The molecular formula is C20H25NO2. The van der Waals surface area contributed by atoms with Crippen LogP contribution in [0, 0.1) is 20.8 Å². The van der Waals surface area contributed by atoms with E-state index >= 15 is 0 Å². The van der Waals surface area contributed by atoms with E-state index in [1.165, 1.54) is 11.1 Å². The van der Waals surface area contributed by atoms with Gasteiger partial charge in [0.25, 0.3) is 5.91 Å². The van der Waals surface area contributed by atoms with Gasteiger partial charge in [0, 0.05) is 6.54 Å². The highest BCUT2D eigenvalue weighted by Crippen LogP contribution is 2.18. The second-order valence-corrected chi connectivity index (χ2v) is 6.00. The summed E-state index contributed by atoms with van der Waals surface area (Å²) in [5.41, 5.74) is 4.74. The Morgan fingerprint density at radius 2 is 1.70 bits per heavy atom. The zero-order valence-electron chi connectivity index (χ0n) is 14.2. The maximum absolute atomic E-state index is 11.8. The fourth-order valence-corrected chi connectivity index (χ4v) is 2.33. The molecule has 0 aliphatic rings. The van der Waals surface area contributed by atoms with E-state index in [0.717, 1.165) is 29.7 Å². The summed E-state index contributed by atoms with van der Waals surface area (Å²) in [5.74, 6) is 0.703. The number of amides is 1. The second-order valence-electron chi connectivity index (χ2n) is 6.00. The topological polar surface area (TPSA) is 38.3 Å². The fourth-order valence-electron chi connectivity index (χ4n) is 2.33. The normalized spacial score (nSPS) is 10.4. The maximum atomic E-state index is 11.8. The van der Waals surface area contributed by atoms with Gasteiger partial charge in [-0.15, -0.1) is 0 Å². The van der Waals surface area contributed by atoms with Crippen LogP contribution in [-0.2, 0) is 11.2 Å². The third kappa shape index (κ3) is 5.78. The lowest BCUT2D eigenvalue weighted by Crippen LogP contribution is -2.30. The second kappa shape index (κ2) is 8.37. The van der Waals surface area contributed by atoms with Gasteiger partial charge in [0.1, 0.15) is 5.75 Å². The largest absolute Gasteiger partial charge is 0.483 e. The van der Waals surface area contributed by atoms with Crippen LogP contribution in [0.2, 0.25) is 0 Å². The molecule has 0 bridgehead atoms. The van der Waals surface area contributed by atoms with Gasteiger partial charge in [-0.05, 0) is 56.4 Å². The molecule has 0 fully saturated rings. The Bertz CT molecular complexity index is 647. The van der Waals surface area contributed by atoms with E-state index in [4.69, 9.17) is 4.74 Å². The predicted octanol–water partition coefficient (Wildman–Crippen LogP) is 3.74. The van der Waals surface area contributed by atoms with Crippen LogP contribution in [-0.4, -0.2) is 19.1 Å². The Balaban J connectivity index is 1.67. The Kier molecular flexibility index (Phi) is 6.21. The van der Waals surface area contributed by atoms with Gasteiger partial charge in [0.05, 0.1) is 0 Å². The molecule has 0 saturated carbocycles. The zero-order valence-corrected chi connectivity index (χ0v) is 14.2. The summed E-state index contributed by atoms with van der Waals surface area (Å²) in [5, 5.41) is 2.90. The highest BCUT2D eigenvalue weighted by Gasteiger charge is 2.05. The maximum Gasteiger partial charge on any atom is 0.257 e. The summed E-state index contributed by atoms with van der Waals surface area (Å²) in [4.78, 5) is 11.8. The van der Waals surface area contributed by atoms with Crippen molar-refractivity contribution >= 4 is 5.91 Å². The zero-order chi connectivity index (χ0) is 16.7. The molecule has 1 amide bonds. The molecule has 0 aliphatic heterocycles. The summed E-state index contributed by atoms with van der Waals surface area (Å²) in [6.07, 6.45) is 1.90. The van der Waals surface area contributed by atoms with Crippen LogP contribution < -0.4 is 10.1 Å². The van der Waals surface area contributed by atoms with Gasteiger partial charge in [0.15, 0.2) is 6.61 Å². The molecule has 0 heterocycles. The number of rotatable bonds is 7. The molecular weight excluding hydrogens is 286 g/mol. The van der Waals surface area contributed by atoms with E-state index in [0.29, 0.717) is 6.54 Å². The van der Waals surface area contributed by atoms with Crippen LogP contribution in [0.4, 0.5) is 0 Å². The predicted molar refractivity (Wildman–Crippen MR) is 93.9 cm³/mol. The SMILES string of the molecule is Cc1ccc(CCCNC(=O)COc2cc(C)ccc2C)cc1. The molecule has 2 aromatic carbocycles. The first-order valence-electron chi connectivity index (χ1n) is 8.07. The Labute approximate surface area is 138 Å². The highest BCUT2D eigenvalue weighted by molar-refractivity contribution is 5.77. The lowest BCUT2D eigenvalue weighted by atomic mass is 10.1. The number of nitrogens with one attached hydrogen (secondary N) is 1. The van der Waals surface area contributed by atoms with Crippen LogP contribution in [0.1, 0.15) is 28.7 Å². The van der Waals surface area contributed by atoms with Crippen LogP contribution in [0.15, 0.2) is 42.5 Å². The van der Waals surface area contributed by atoms with Gasteiger partial charge in [-0.2, -0.15) is 0 Å². The number of aryl methyl sites for hydroxylation is 4. The molecule has 122 valence electrons. The van der Waals surface area contributed by atoms with Crippen molar-refractivity contribution in [3.8, 4) is 5.75 Å². The molecule has 0 saturated heterocycles. The first kappa shape index (κ1) is 17.1. The van der Waals surface area contributed by atoms with Gasteiger partial charge >= 0.3 is 0 Å². The number of carbonyl (C=O) groups excluding carboxylic acids is 1. The van der Waals surface area contributed by atoms with Crippen molar-refractivity contribution in [2.75, 3.05) is 13.2 Å². The first-order chi connectivity index (χ1) is 11.0. The van der Waals surface area contributed by atoms with E-state index in [1.807, 2.05) is 32.0 Å². The molecule has 0 aliphatic carbocycles. The summed E-state index contributed by atoms with van der Waals surface area (Å²) < 4.78 is 5.60. The molecule has 3 nitrogen and oxygen atoms in total. The molecule has 0 spiro atoms. The quantitative estimate of drug-likeness (QED) is 0.791. The molecule has 23 heavy (non-hydrogen) atoms. The minimum absolute atomic E-state index is 0.0643. The van der Waals surface area contributed by atoms with E-state index in [9.17, 15) is 4.79 Å². The summed E-state index contributed by atoms with van der Waals surface area (Å²) in [7, 11) is 0. The Morgan fingerprint density at radius 3 is 2.43 bits per heavy atom. The van der Waals surface area contributed by atoms with Crippen molar-refractivity contribution in [3.63, 3.8) is 0 Å². The molecule has 1 N–H and O–H groups in total. The molecule has 0 atom stereocenters. The van der Waals surface area contributed by atoms with E-state index in [-0.39, 0.29) is 12.5 Å². The van der Waals surface area contributed by atoms with Crippen molar-refractivity contribution in [3.05, 3.63) is 64.7 Å². The van der Waals surface area contributed by atoms with Gasteiger partial charge in [-0.1, -0.05) is 42.0 Å². The molecule has 0 radical (unpaired) electrons. The number of carbonyl (C=O) groups is 1. The van der Waals surface area contributed by atoms with Crippen molar-refractivity contribution < 1.29 is 9.53 Å². The van der Waals surface area contributed by atoms with Gasteiger partial charge in [-0.25, -0.2) is 0 Å². The molecule has 0 aromatic heterocycles. The van der Waals surface area contributed by atoms with Gasteiger partial charge in [0.2, 0.25) is 0 Å². The minimum Gasteiger partial charge on any atom is -0.483 e. The minimum atomic E-state index is -0.0742. The van der Waals surface area contributed by atoms with Crippen LogP contribution >= 0.6 is 0 Å². The Hall–Kier alpha value is -2.29. The van der Waals surface area contributed by atoms with Crippen molar-refractivity contribution in [1.82, 2.24) is 5.32 Å². The summed E-state index contributed by atoms with van der Waals surface area (Å²) in [6, 6.07) is 14.5. The van der Waals surface area contributed by atoms with E-state index in [1.54, 1.807) is 0 Å². The van der Waals surface area contributed by atoms with E-state index < -0.39 is 0 Å². The van der Waals surface area contributed by atoms with Crippen LogP contribution in [0.25, 0.3) is 0 Å². The molecule has 2 rings (SSSR count). The van der Waals surface area contributed by atoms with Crippen LogP contribution in [0.5, 0.6) is 5.75 Å². The number of hydrogen-bond donors (Lipinski definition) is 1. The van der Waals surface area contributed by atoms with Crippen molar-refractivity contribution in [2.24, 2.45) is 0 Å². The molecule has 3 heteroatoms. The standard InChI is InChI=1S/C20H25NO2/c1-15-7-10-18(11-8-15)5-4-12-21-20(22)14-23-19-13-16(2)6-9-17(19)3/h6-11,13H,4-5,12,14H2,1-3H3,(H,21,22). The monoisotopic (exact) mass is 311 g/mol. The molecule has 2 aromatic rings. The first-order valence-corrected chi connectivity index (χ1v) is 8.07. The summed E-state index contributed by atoms with van der Waals surface area (Å²) in [6.45, 7) is 6.81. The van der Waals surface area contributed by atoms with Crippen LogP contribution in [0.3, 0.4) is 0 Å². The highest BCUT2D eigenvalue weighted by atomic mass is 16.5. The van der Waals surface area contributed by atoms with E-state index in [2.05, 4.69) is 36.5 Å². The third-order valence-electron chi connectivity index (χ3n) is 3.79. The molecule has 0 unspecified atom stereocenters. The number of benzene rings is 2. The van der Waals surface area contributed by atoms with Crippen molar-refractivity contribution in [2.45, 2.75) is 33.6 Å². The summed E-state index contributed by atoms with van der Waals surface area (Å²) >= 11 is 0. The smallest absolute Gasteiger partial charge is 0.257 e. The van der Waals surface area contributed by atoms with Gasteiger partial charge < -0.3 is 10.1 Å². The fraction of sp³-hybridized carbons (Fsp3) is 0.350. The lowest BCUT2D eigenvalue weighted by molar-refractivity contribution is -0.123. The van der Waals surface area contributed by atoms with Gasteiger partial charge in [-0.3, -0.25) is 4.79 Å².